The highest BCUT2D eigenvalue weighted by atomic mass is 16.5. The molecule has 1 aromatic heterocycles. The quantitative estimate of drug-likeness (QED) is 0.917. The molecule has 0 atom stereocenters. The minimum Gasteiger partial charge on any atom is -0.438 e. The molecule has 0 aliphatic carbocycles. The Morgan fingerprint density at radius 2 is 1.84 bits per heavy atom. The van der Waals surface area contributed by atoms with Gasteiger partial charge in [0.25, 0.3) is 0 Å². The van der Waals surface area contributed by atoms with Gasteiger partial charge in [-0.05, 0) is 38.9 Å². The maximum atomic E-state index is 6.14. The first kappa shape index (κ1) is 13.6. The molecule has 102 valence electrons. The van der Waals surface area contributed by atoms with Gasteiger partial charge in [0.1, 0.15) is 5.75 Å². The second-order valence-corrected chi connectivity index (χ2v) is 4.85. The van der Waals surface area contributed by atoms with E-state index in [0.29, 0.717) is 0 Å². The summed E-state index contributed by atoms with van der Waals surface area (Å²) in [4.78, 5) is 0. The monoisotopic (exact) mass is 259 g/mol. The molecule has 0 saturated carbocycles. The van der Waals surface area contributed by atoms with Gasteiger partial charge in [-0.3, -0.25) is 0 Å². The average Bonchev–Trinajstić information content (AvgIpc) is 2.61. The van der Waals surface area contributed by atoms with Gasteiger partial charge in [-0.1, -0.05) is 18.2 Å². The standard InChI is InChI=1S/C15H21N3O/c1-10-7-6-8-11(2)14(10)19-15-13(9-16-4)12(3)17-18(15)5/h6-8,16H,9H2,1-5H3. The Morgan fingerprint density at radius 1 is 1.21 bits per heavy atom. The van der Waals surface area contributed by atoms with Crippen LogP contribution in [0.5, 0.6) is 11.6 Å². The fourth-order valence-electron chi connectivity index (χ4n) is 2.25. The molecular weight excluding hydrogens is 238 g/mol. The Balaban J connectivity index is 2.43. The van der Waals surface area contributed by atoms with Gasteiger partial charge in [0.15, 0.2) is 0 Å². The van der Waals surface area contributed by atoms with Crippen LogP contribution >= 0.6 is 0 Å². The van der Waals surface area contributed by atoms with Crippen LogP contribution in [0.4, 0.5) is 0 Å². The van der Waals surface area contributed by atoms with Gasteiger partial charge in [-0.25, -0.2) is 4.68 Å². The third-order valence-corrected chi connectivity index (χ3v) is 3.25. The molecule has 0 bridgehead atoms. The summed E-state index contributed by atoms with van der Waals surface area (Å²) >= 11 is 0. The number of aryl methyl sites for hydroxylation is 4. The molecule has 1 N–H and O–H groups in total. The SMILES string of the molecule is CNCc1c(C)nn(C)c1Oc1c(C)cccc1C. The van der Waals surface area contributed by atoms with Crippen LogP contribution < -0.4 is 10.1 Å². The lowest BCUT2D eigenvalue weighted by molar-refractivity contribution is 0.419. The molecule has 0 radical (unpaired) electrons. The van der Waals surface area contributed by atoms with Crippen molar-refractivity contribution in [3.8, 4) is 11.6 Å². The normalized spacial score (nSPS) is 10.8. The number of ether oxygens (including phenoxy) is 1. The lowest BCUT2D eigenvalue weighted by Gasteiger charge is -2.13. The molecule has 0 amide bonds. The van der Waals surface area contributed by atoms with Crippen molar-refractivity contribution < 1.29 is 4.74 Å². The first-order chi connectivity index (χ1) is 9.04. The van der Waals surface area contributed by atoms with Crippen molar-refractivity contribution in [1.82, 2.24) is 15.1 Å². The third-order valence-electron chi connectivity index (χ3n) is 3.25. The summed E-state index contributed by atoms with van der Waals surface area (Å²) in [6.45, 7) is 6.87. The summed E-state index contributed by atoms with van der Waals surface area (Å²) in [5.41, 5.74) is 4.37. The van der Waals surface area contributed by atoms with E-state index in [1.165, 1.54) is 0 Å². The number of aromatic nitrogens is 2. The number of hydrogen-bond acceptors (Lipinski definition) is 3. The topological polar surface area (TPSA) is 39.1 Å². The molecule has 4 heteroatoms. The molecule has 4 nitrogen and oxygen atoms in total. The molecular formula is C15H21N3O. The first-order valence-corrected chi connectivity index (χ1v) is 6.45. The highest BCUT2D eigenvalue weighted by Crippen LogP contribution is 2.31. The minimum atomic E-state index is 0.750. The lowest BCUT2D eigenvalue weighted by Crippen LogP contribution is -2.07. The van der Waals surface area contributed by atoms with Crippen LogP contribution in [-0.4, -0.2) is 16.8 Å². The van der Waals surface area contributed by atoms with E-state index >= 15 is 0 Å². The van der Waals surface area contributed by atoms with Gasteiger partial charge < -0.3 is 10.1 Å². The number of nitrogens with one attached hydrogen (secondary N) is 1. The number of nitrogens with zero attached hydrogens (tertiary/aromatic N) is 2. The fourth-order valence-corrected chi connectivity index (χ4v) is 2.25. The van der Waals surface area contributed by atoms with Gasteiger partial charge in [-0.15, -0.1) is 0 Å². The van der Waals surface area contributed by atoms with Gasteiger partial charge in [0.2, 0.25) is 5.88 Å². The van der Waals surface area contributed by atoms with Crippen molar-refractivity contribution in [2.75, 3.05) is 7.05 Å². The van der Waals surface area contributed by atoms with Gasteiger partial charge in [0, 0.05) is 13.6 Å². The molecule has 0 aliphatic rings. The Hall–Kier alpha value is -1.81. The van der Waals surface area contributed by atoms with Gasteiger partial charge in [0.05, 0.1) is 11.3 Å². The summed E-state index contributed by atoms with van der Waals surface area (Å²) in [7, 11) is 3.84. The van der Waals surface area contributed by atoms with Crippen LogP contribution in [0, 0.1) is 20.8 Å². The van der Waals surface area contributed by atoms with E-state index in [9.17, 15) is 0 Å². The number of rotatable bonds is 4. The van der Waals surface area contributed by atoms with Crippen molar-refractivity contribution in [1.29, 1.82) is 0 Å². The minimum absolute atomic E-state index is 0.750. The number of hydrogen-bond donors (Lipinski definition) is 1. The van der Waals surface area contributed by atoms with E-state index in [-0.39, 0.29) is 0 Å². The molecule has 2 rings (SSSR count). The zero-order chi connectivity index (χ0) is 14.0. The van der Waals surface area contributed by atoms with Crippen molar-refractivity contribution >= 4 is 0 Å². The van der Waals surface area contributed by atoms with Crippen LogP contribution in [0.3, 0.4) is 0 Å². The maximum Gasteiger partial charge on any atom is 0.222 e. The molecule has 0 unspecified atom stereocenters. The second kappa shape index (κ2) is 5.45. The van der Waals surface area contributed by atoms with Gasteiger partial charge >= 0.3 is 0 Å². The van der Waals surface area contributed by atoms with Crippen LogP contribution in [-0.2, 0) is 13.6 Å². The number of para-hydroxylation sites is 1. The summed E-state index contributed by atoms with van der Waals surface area (Å²) in [6.07, 6.45) is 0. The Bertz CT molecular complexity index is 567. The third kappa shape index (κ3) is 2.63. The first-order valence-electron chi connectivity index (χ1n) is 6.45. The van der Waals surface area contributed by atoms with E-state index in [4.69, 9.17) is 4.74 Å². The van der Waals surface area contributed by atoms with Crippen LogP contribution in [0.15, 0.2) is 18.2 Å². The van der Waals surface area contributed by atoms with Crippen molar-refractivity contribution in [2.45, 2.75) is 27.3 Å². The smallest absolute Gasteiger partial charge is 0.222 e. The van der Waals surface area contributed by atoms with Crippen molar-refractivity contribution in [3.63, 3.8) is 0 Å². The second-order valence-electron chi connectivity index (χ2n) is 4.85. The van der Waals surface area contributed by atoms with E-state index in [0.717, 1.165) is 40.6 Å². The Labute approximate surface area is 114 Å². The highest BCUT2D eigenvalue weighted by molar-refractivity contribution is 5.44. The molecule has 19 heavy (non-hydrogen) atoms. The highest BCUT2D eigenvalue weighted by Gasteiger charge is 2.16. The molecule has 2 aromatic rings. The fraction of sp³-hybridized carbons (Fsp3) is 0.400. The largest absolute Gasteiger partial charge is 0.438 e. The van der Waals surface area contributed by atoms with Crippen LogP contribution in [0.25, 0.3) is 0 Å². The van der Waals surface area contributed by atoms with E-state index in [2.05, 4.69) is 36.4 Å². The lowest BCUT2D eigenvalue weighted by atomic mass is 10.1. The van der Waals surface area contributed by atoms with Crippen molar-refractivity contribution in [2.24, 2.45) is 7.05 Å². The molecule has 0 spiro atoms. The molecule has 0 saturated heterocycles. The van der Waals surface area contributed by atoms with E-state index < -0.39 is 0 Å². The summed E-state index contributed by atoms with van der Waals surface area (Å²) < 4.78 is 7.94. The molecule has 0 fully saturated rings. The predicted molar refractivity (Wildman–Crippen MR) is 76.7 cm³/mol. The zero-order valence-electron chi connectivity index (χ0n) is 12.2. The Morgan fingerprint density at radius 3 is 2.42 bits per heavy atom. The summed E-state index contributed by atoms with van der Waals surface area (Å²) in [6, 6.07) is 6.16. The van der Waals surface area contributed by atoms with Crippen molar-refractivity contribution in [3.05, 3.63) is 40.6 Å². The van der Waals surface area contributed by atoms with E-state index in [1.807, 2.05) is 27.1 Å². The van der Waals surface area contributed by atoms with Crippen LogP contribution in [0.1, 0.15) is 22.4 Å². The summed E-state index contributed by atoms with van der Waals surface area (Å²) in [5.74, 6) is 1.73. The Kier molecular flexibility index (Phi) is 3.90. The van der Waals surface area contributed by atoms with Gasteiger partial charge in [-0.2, -0.15) is 5.10 Å². The zero-order valence-corrected chi connectivity index (χ0v) is 12.2. The molecule has 1 heterocycles. The molecule has 0 aliphatic heterocycles. The maximum absolute atomic E-state index is 6.14. The van der Waals surface area contributed by atoms with E-state index in [1.54, 1.807) is 4.68 Å². The number of benzene rings is 1. The predicted octanol–water partition coefficient (Wildman–Crippen LogP) is 2.86. The molecule has 1 aromatic carbocycles. The van der Waals surface area contributed by atoms with Crippen LogP contribution in [0.2, 0.25) is 0 Å². The summed E-state index contributed by atoms with van der Waals surface area (Å²) in [5, 5.41) is 7.60. The average molecular weight is 259 g/mol.